The maximum Gasteiger partial charge on any atom is 1.00 e. The Labute approximate surface area is 125 Å². The third kappa shape index (κ3) is 3.63. The summed E-state index contributed by atoms with van der Waals surface area (Å²) in [6.45, 7) is 1.32. The zero-order valence-electron chi connectivity index (χ0n) is 8.19. The van der Waals surface area contributed by atoms with E-state index in [1.54, 1.807) is 30.3 Å². The van der Waals surface area contributed by atoms with Crippen molar-refractivity contribution >= 4 is 11.8 Å². The molecule has 0 heterocycles. The van der Waals surface area contributed by atoms with Gasteiger partial charge in [-0.15, -0.1) is 0 Å². The number of Topliss-reactive ketones (excluding diaryl/α,β-unsaturated/α-hetero) is 1. The van der Waals surface area contributed by atoms with Gasteiger partial charge >= 0.3 is 51.4 Å². The van der Waals surface area contributed by atoms with Crippen LogP contribution in [0.4, 0.5) is 0 Å². The molecule has 1 atom stereocenters. The Morgan fingerprint density at radius 2 is 1.71 bits per heavy atom. The molecule has 1 rings (SSSR count). The van der Waals surface area contributed by atoms with Crippen molar-refractivity contribution in [1.29, 1.82) is 0 Å². The van der Waals surface area contributed by atoms with E-state index in [0.29, 0.717) is 5.56 Å². The molecule has 0 saturated carbocycles. The molecule has 0 aliphatic rings. The molecule has 14 heavy (non-hydrogen) atoms. The van der Waals surface area contributed by atoms with Crippen LogP contribution in [0.15, 0.2) is 30.3 Å². The van der Waals surface area contributed by atoms with Gasteiger partial charge in [0.15, 0.2) is 5.78 Å². The van der Waals surface area contributed by atoms with Gasteiger partial charge in [-0.25, -0.2) is 0 Å². The summed E-state index contributed by atoms with van der Waals surface area (Å²) in [6, 6.07) is 8.31. The second-order valence-corrected chi connectivity index (χ2v) is 2.77. The minimum Gasteiger partial charge on any atom is -0.549 e. The van der Waals surface area contributed by atoms with E-state index in [2.05, 4.69) is 0 Å². The SMILES string of the molecule is CC(C(=O)[O-])C(=O)c1ccccc1.[K+]. The number of ketones is 1. The molecular formula is C10H9KO3. The number of hydrogen-bond acceptors (Lipinski definition) is 3. The zero-order valence-corrected chi connectivity index (χ0v) is 11.3. The summed E-state index contributed by atoms with van der Waals surface area (Å²) in [6.07, 6.45) is 0. The Kier molecular flexibility index (Phi) is 6.47. The van der Waals surface area contributed by atoms with E-state index in [-0.39, 0.29) is 51.4 Å². The van der Waals surface area contributed by atoms with Crippen molar-refractivity contribution < 1.29 is 66.1 Å². The first-order valence-corrected chi connectivity index (χ1v) is 3.93. The van der Waals surface area contributed by atoms with Gasteiger partial charge in [0.1, 0.15) is 0 Å². The Morgan fingerprint density at radius 1 is 1.21 bits per heavy atom. The largest absolute Gasteiger partial charge is 1.00 e. The number of carboxylic acids is 1. The summed E-state index contributed by atoms with van der Waals surface area (Å²) < 4.78 is 0. The molecule has 0 N–H and O–H groups in total. The monoisotopic (exact) mass is 216 g/mol. The van der Waals surface area contributed by atoms with E-state index in [1.807, 2.05) is 0 Å². The Morgan fingerprint density at radius 3 is 2.14 bits per heavy atom. The topological polar surface area (TPSA) is 57.2 Å². The van der Waals surface area contributed by atoms with E-state index in [9.17, 15) is 14.7 Å². The van der Waals surface area contributed by atoms with Gasteiger partial charge < -0.3 is 9.90 Å². The molecular weight excluding hydrogens is 207 g/mol. The molecule has 1 aromatic rings. The maximum atomic E-state index is 11.4. The molecule has 0 amide bonds. The van der Waals surface area contributed by atoms with Crippen molar-refractivity contribution in [1.82, 2.24) is 0 Å². The van der Waals surface area contributed by atoms with Gasteiger partial charge in [0.25, 0.3) is 0 Å². The van der Waals surface area contributed by atoms with Gasteiger partial charge in [-0.3, -0.25) is 4.79 Å². The van der Waals surface area contributed by atoms with Crippen molar-refractivity contribution in [3.63, 3.8) is 0 Å². The van der Waals surface area contributed by atoms with Crippen LogP contribution in [0.5, 0.6) is 0 Å². The summed E-state index contributed by atoms with van der Waals surface area (Å²) >= 11 is 0. The molecule has 1 unspecified atom stereocenters. The first kappa shape index (κ1) is 14.0. The van der Waals surface area contributed by atoms with Crippen LogP contribution < -0.4 is 56.5 Å². The standard InChI is InChI=1S/C10H10O3.K/c1-7(10(12)13)9(11)8-5-3-2-4-6-8;/h2-7H,1H3,(H,12,13);/q;+1/p-1. The molecule has 0 aliphatic carbocycles. The van der Waals surface area contributed by atoms with E-state index < -0.39 is 17.7 Å². The minimum atomic E-state index is -1.34. The Hall–Kier alpha value is -0.00364. The van der Waals surface area contributed by atoms with E-state index >= 15 is 0 Å². The summed E-state index contributed by atoms with van der Waals surface area (Å²) in [5, 5.41) is 10.4. The third-order valence-electron chi connectivity index (χ3n) is 1.81. The third-order valence-corrected chi connectivity index (χ3v) is 1.81. The summed E-state index contributed by atoms with van der Waals surface area (Å²) in [7, 11) is 0. The van der Waals surface area contributed by atoms with Crippen molar-refractivity contribution in [3.05, 3.63) is 35.9 Å². The molecule has 0 radical (unpaired) electrons. The molecule has 0 aliphatic heterocycles. The predicted molar refractivity (Wildman–Crippen MR) is 44.9 cm³/mol. The number of rotatable bonds is 3. The fraction of sp³-hybridized carbons (Fsp3) is 0.200. The fourth-order valence-corrected chi connectivity index (χ4v) is 0.959. The Balaban J connectivity index is 0.00000169. The molecule has 1 aromatic carbocycles. The number of aliphatic carboxylic acids is 1. The van der Waals surface area contributed by atoms with E-state index in [0.717, 1.165) is 0 Å². The number of carboxylic acid groups (broad SMARTS) is 1. The van der Waals surface area contributed by atoms with Crippen molar-refractivity contribution in [3.8, 4) is 0 Å². The zero-order chi connectivity index (χ0) is 9.84. The van der Waals surface area contributed by atoms with Crippen molar-refractivity contribution in [2.24, 2.45) is 5.92 Å². The second-order valence-electron chi connectivity index (χ2n) is 2.77. The van der Waals surface area contributed by atoms with Crippen LogP contribution in [-0.4, -0.2) is 11.8 Å². The smallest absolute Gasteiger partial charge is 0.549 e. The van der Waals surface area contributed by atoms with Gasteiger partial charge in [-0.1, -0.05) is 30.3 Å². The Bertz CT molecular complexity index is 321. The summed E-state index contributed by atoms with van der Waals surface area (Å²) in [5.74, 6) is -2.84. The summed E-state index contributed by atoms with van der Waals surface area (Å²) in [4.78, 5) is 21.7. The average Bonchev–Trinajstić information content (AvgIpc) is 2.17. The van der Waals surface area contributed by atoms with Crippen LogP contribution in [0.25, 0.3) is 0 Å². The van der Waals surface area contributed by atoms with Crippen LogP contribution >= 0.6 is 0 Å². The molecule has 3 nitrogen and oxygen atoms in total. The van der Waals surface area contributed by atoms with E-state index in [1.165, 1.54) is 6.92 Å². The van der Waals surface area contributed by atoms with Crippen molar-refractivity contribution in [2.75, 3.05) is 0 Å². The van der Waals surface area contributed by atoms with Crippen LogP contribution in [0, 0.1) is 5.92 Å². The molecule has 4 heteroatoms. The number of carbonyl (C=O) groups is 2. The molecule has 0 bridgehead atoms. The van der Waals surface area contributed by atoms with E-state index in [4.69, 9.17) is 0 Å². The second kappa shape index (κ2) is 6.47. The van der Waals surface area contributed by atoms with Crippen LogP contribution in [0.2, 0.25) is 0 Å². The van der Waals surface area contributed by atoms with Gasteiger partial charge in [0.05, 0.1) is 11.9 Å². The quantitative estimate of drug-likeness (QED) is 0.313. The maximum absolute atomic E-state index is 11.4. The molecule has 68 valence electrons. The molecule has 0 fully saturated rings. The minimum absolute atomic E-state index is 0. The van der Waals surface area contributed by atoms with Crippen molar-refractivity contribution in [2.45, 2.75) is 6.92 Å². The fourth-order valence-electron chi connectivity index (χ4n) is 0.959. The van der Waals surface area contributed by atoms with Crippen LogP contribution in [0.1, 0.15) is 17.3 Å². The molecule has 0 saturated heterocycles. The predicted octanol–water partition coefficient (Wildman–Crippen LogP) is -2.74. The normalized spacial score (nSPS) is 11.2. The van der Waals surface area contributed by atoms with Gasteiger partial charge in [0, 0.05) is 5.56 Å². The van der Waals surface area contributed by atoms with Gasteiger partial charge in [-0.05, 0) is 6.92 Å². The number of benzene rings is 1. The molecule has 0 aromatic heterocycles. The molecule has 0 spiro atoms. The van der Waals surface area contributed by atoms with Crippen LogP contribution in [0.3, 0.4) is 0 Å². The first-order chi connectivity index (χ1) is 6.13. The first-order valence-electron chi connectivity index (χ1n) is 3.93. The van der Waals surface area contributed by atoms with Crippen LogP contribution in [-0.2, 0) is 4.79 Å². The number of hydrogen-bond donors (Lipinski definition) is 0. The summed E-state index contributed by atoms with van der Waals surface area (Å²) in [5.41, 5.74) is 0.402. The average molecular weight is 216 g/mol. The number of carbonyl (C=O) groups excluding carboxylic acids is 2. The van der Waals surface area contributed by atoms with Gasteiger partial charge in [-0.2, -0.15) is 0 Å². The van der Waals surface area contributed by atoms with Gasteiger partial charge in [0.2, 0.25) is 0 Å².